The number of H-pyrrole nitrogens is 1. The number of aryl methyl sites for hydroxylation is 1. The molecule has 0 saturated carbocycles. The van der Waals surface area contributed by atoms with Crippen molar-refractivity contribution in [3.8, 4) is 0 Å². The zero-order valence-corrected chi connectivity index (χ0v) is 14.2. The zero-order chi connectivity index (χ0) is 16.5. The molecule has 1 fully saturated rings. The third kappa shape index (κ3) is 2.89. The second kappa shape index (κ2) is 6.49. The minimum Gasteiger partial charge on any atom is -0.381 e. The van der Waals surface area contributed by atoms with E-state index in [0.717, 1.165) is 62.2 Å². The summed E-state index contributed by atoms with van der Waals surface area (Å²) in [4.78, 5) is 11.7. The summed E-state index contributed by atoms with van der Waals surface area (Å²) in [6, 6.07) is 2.12. The molecule has 1 N–H and O–H groups in total. The lowest BCUT2D eigenvalue weighted by atomic mass is 10.0. The van der Waals surface area contributed by atoms with Crippen LogP contribution in [-0.4, -0.2) is 47.0 Å². The molecule has 0 amide bonds. The summed E-state index contributed by atoms with van der Waals surface area (Å²) >= 11 is 0. The first-order valence-corrected chi connectivity index (χ1v) is 8.47. The molecule has 0 spiro atoms. The van der Waals surface area contributed by atoms with Crippen molar-refractivity contribution in [1.29, 1.82) is 0 Å². The molecule has 0 bridgehead atoms. The summed E-state index contributed by atoms with van der Waals surface area (Å²) in [5, 5.41) is 7.48. The molecule has 1 unspecified atom stereocenters. The number of hydrogen-bond acceptors (Lipinski definition) is 6. The number of rotatable bonds is 4. The third-order valence-electron chi connectivity index (χ3n) is 4.85. The zero-order valence-electron chi connectivity index (χ0n) is 14.2. The van der Waals surface area contributed by atoms with Gasteiger partial charge in [0.2, 0.25) is 0 Å². The highest BCUT2D eigenvalue weighted by Crippen LogP contribution is 2.29. The van der Waals surface area contributed by atoms with Gasteiger partial charge in [-0.2, -0.15) is 5.10 Å². The monoisotopic (exact) mass is 329 g/mol. The molecule has 2 aliphatic heterocycles. The highest BCUT2D eigenvalue weighted by atomic mass is 16.5. The molecule has 2 aliphatic rings. The van der Waals surface area contributed by atoms with Crippen molar-refractivity contribution in [2.75, 3.05) is 31.8 Å². The topological polar surface area (TPSA) is 76.2 Å². The standard InChI is InChI=1S/C17H23N5O2/c1-11-13-8-22(5-3-14(13)21-20-11)17-7-15(12-4-6-24-9-12)18-16(19-17)10-23-2/h7,12H,3-6,8-10H2,1-2H3,(H,20,21). The number of ether oxygens (including phenoxy) is 2. The van der Waals surface area contributed by atoms with Crippen molar-refractivity contribution in [3.05, 3.63) is 34.5 Å². The van der Waals surface area contributed by atoms with Gasteiger partial charge in [0, 0.05) is 56.5 Å². The van der Waals surface area contributed by atoms with Gasteiger partial charge in [-0.1, -0.05) is 0 Å². The number of fused-ring (bicyclic) bond motifs is 1. The van der Waals surface area contributed by atoms with Crippen molar-refractivity contribution >= 4 is 5.82 Å². The van der Waals surface area contributed by atoms with Crippen LogP contribution in [0.1, 0.15) is 40.8 Å². The van der Waals surface area contributed by atoms with Gasteiger partial charge >= 0.3 is 0 Å². The molecule has 1 atom stereocenters. The lowest BCUT2D eigenvalue weighted by molar-refractivity contribution is 0.177. The van der Waals surface area contributed by atoms with Gasteiger partial charge in [0.15, 0.2) is 5.82 Å². The van der Waals surface area contributed by atoms with Crippen LogP contribution in [0.5, 0.6) is 0 Å². The highest BCUT2D eigenvalue weighted by Gasteiger charge is 2.25. The number of aromatic amines is 1. The van der Waals surface area contributed by atoms with Gasteiger partial charge in [-0.05, 0) is 13.3 Å². The van der Waals surface area contributed by atoms with E-state index in [1.54, 1.807) is 7.11 Å². The minimum absolute atomic E-state index is 0.360. The van der Waals surface area contributed by atoms with Gasteiger partial charge in [-0.3, -0.25) is 5.10 Å². The van der Waals surface area contributed by atoms with Crippen LogP contribution in [0.25, 0.3) is 0 Å². The molecule has 7 heteroatoms. The lowest BCUT2D eigenvalue weighted by Gasteiger charge is -2.28. The highest BCUT2D eigenvalue weighted by molar-refractivity contribution is 5.45. The predicted octanol–water partition coefficient (Wildman–Crippen LogP) is 1.72. The fraction of sp³-hybridized carbons (Fsp3) is 0.588. The molecular weight excluding hydrogens is 306 g/mol. The molecule has 2 aromatic rings. The maximum Gasteiger partial charge on any atom is 0.156 e. The van der Waals surface area contributed by atoms with E-state index in [4.69, 9.17) is 19.4 Å². The quantitative estimate of drug-likeness (QED) is 0.920. The van der Waals surface area contributed by atoms with Crippen LogP contribution in [0.15, 0.2) is 6.07 Å². The fourth-order valence-electron chi connectivity index (χ4n) is 3.46. The van der Waals surface area contributed by atoms with Crippen molar-refractivity contribution in [1.82, 2.24) is 20.2 Å². The summed E-state index contributed by atoms with van der Waals surface area (Å²) in [5.41, 5.74) is 4.68. The number of nitrogens with one attached hydrogen (secondary N) is 1. The average Bonchev–Trinajstić information content (AvgIpc) is 3.25. The Balaban J connectivity index is 1.65. The molecule has 0 aliphatic carbocycles. The van der Waals surface area contributed by atoms with Gasteiger partial charge in [0.1, 0.15) is 12.4 Å². The smallest absolute Gasteiger partial charge is 0.156 e. The van der Waals surface area contributed by atoms with Crippen LogP contribution >= 0.6 is 0 Å². The molecule has 7 nitrogen and oxygen atoms in total. The Morgan fingerprint density at radius 3 is 3.12 bits per heavy atom. The molecule has 0 radical (unpaired) electrons. The van der Waals surface area contributed by atoms with E-state index >= 15 is 0 Å². The Labute approximate surface area is 141 Å². The Hall–Kier alpha value is -1.99. The van der Waals surface area contributed by atoms with Gasteiger partial charge in [-0.15, -0.1) is 0 Å². The molecule has 24 heavy (non-hydrogen) atoms. The van der Waals surface area contributed by atoms with Crippen LogP contribution in [0.4, 0.5) is 5.82 Å². The van der Waals surface area contributed by atoms with E-state index in [2.05, 4.69) is 28.1 Å². The second-order valence-corrected chi connectivity index (χ2v) is 6.51. The van der Waals surface area contributed by atoms with Gasteiger partial charge in [-0.25, -0.2) is 9.97 Å². The molecular formula is C17H23N5O2. The first-order chi connectivity index (χ1) is 11.7. The Kier molecular flexibility index (Phi) is 4.20. The van der Waals surface area contributed by atoms with Crippen LogP contribution < -0.4 is 4.90 Å². The van der Waals surface area contributed by atoms with Crippen molar-refractivity contribution in [2.24, 2.45) is 0 Å². The van der Waals surface area contributed by atoms with E-state index in [1.807, 2.05) is 0 Å². The van der Waals surface area contributed by atoms with Crippen molar-refractivity contribution in [2.45, 2.75) is 38.8 Å². The maximum atomic E-state index is 5.53. The summed E-state index contributed by atoms with van der Waals surface area (Å²) < 4.78 is 10.8. The van der Waals surface area contributed by atoms with Crippen molar-refractivity contribution in [3.63, 3.8) is 0 Å². The van der Waals surface area contributed by atoms with E-state index in [9.17, 15) is 0 Å². The molecule has 2 aromatic heterocycles. The number of anilines is 1. The molecule has 4 rings (SSSR count). The fourth-order valence-corrected chi connectivity index (χ4v) is 3.46. The largest absolute Gasteiger partial charge is 0.381 e. The van der Waals surface area contributed by atoms with Crippen LogP contribution in [0.2, 0.25) is 0 Å². The lowest BCUT2D eigenvalue weighted by Crippen LogP contribution is -2.31. The Bertz CT molecular complexity index is 724. The molecule has 4 heterocycles. The van der Waals surface area contributed by atoms with Crippen LogP contribution in [-0.2, 0) is 29.0 Å². The average molecular weight is 329 g/mol. The summed E-state index contributed by atoms with van der Waals surface area (Å²) in [6.07, 6.45) is 1.96. The summed E-state index contributed by atoms with van der Waals surface area (Å²) in [6.45, 7) is 5.81. The summed E-state index contributed by atoms with van der Waals surface area (Å²) in [5.74, 6) is 2.08. The van der Waals surface area contributed by atoms with Gasteiger partial charge in [0.25, 0.3) is 0 Å². The maximum absolute atomic E-state index is 5.53. The molecule has 0 aromatic carbocycles. The number of hydrogen-bond donors (Lipinski definition) is 1. The molecule has 128 valence electrons. The first-order valence-electron chi connectivity index (χ1n) is 8.47. The Morgan fingerprint density at radius 2 is 2.33 bits per heavy atom. The Morgan fingerprint density at radius 1 is 1.42 bits per heavy atom. The SMILES string of the molecule is COCc1nc(C2CCOC2)cc(N2CCc3n[nH]c(C)c3C2)n1. The van der Waals surface area contributed by atoms with Gasteiger partial charge < -0.3 is 14.4 Å². The normalized spacial score (nSPS) is 20.4. The van der Waals surface area contributed by atoms with Crippen molar-refractivity contribution < 1.29 is 9.47 Å². The summed E-state index contributed by atoms with van der Waals surface area (Å²) in [7, 11) is 1.68. The van der Waals surface area contributed by atoms with Gasteiger partial charge in [0.05, 0.1) is 18.0 Å². The van der Waals surface area contributed by atoms with Crippen LogP contribution in [0, 0.1) is 6.92 Å². The van der Waals surface area contributed by atoms with Crippen LogP contribution in [0.3, 0.4) is 0 Å². The third-order valence-corrected chi connectivity index (χ3v) is 4.85. The molecule has 1 saturated heterocycles. The minimum atomic E-state index is 0.360. The van der Waals surface area contributed by atoms with E-state index in [0.29, 0.717) is 12.5 Å². The number of aromatic nitrogens is 4. The first kappa shape index (κ1) is 15.5. The predicted molar refractivity (Wildman–Crippen MR) is 89.0 cm³/mol. The van der Waals surface area contributed by atoms with E-state index in [1.165, 1.54) is 11.3 Å². The second-order valence-electron chi connectivity index (χ2n) is 6.51. The van der Waals surface area contributed by atoms with E-state index in [-0.39, 0.29) is 0 Å². The number of methoxy groups -OCH3 is 1. The number of nitrogens with zero attached hydrogens (tertiary/aromatic N) is 4. The van der Waals surface area contributed by atoms with E-state index < -0.39 is 0 Å².